The van der Waals surface area contributed by atoms with E-state index in [2.05, 4.69) is 0 Å². The van der Waals surface area contributed by atoms with Gasteiger partial charge in [0.1, 0.15) is 18.4 Å². The van der Waals surface area contributed by atoms with Crippen molar-refractivity contribution in [3.63, 3.8) is 0 Å². The number of rotatable bonds is 7. The van der Waals surface area contributed by atoms with E-state index in [9.17, 15) is 4.79 Å². The molecule has 0 unspecified atom stereocenters. The van der Waals surface area contributed by atoms with Crippen molar-refractivity contribution in [1.29, 1.82) is 5.26 Å². The highest BCUT2D eigenvalue weighted by Gasteiger charge is 2.21. The zero-order valence-electron chi connectivity index (χ0n) is 13.6. The van der Waals surface area contributed by atoms with Gasteiger partial charge in [0, 0.05) is 24.6 Å². The molecule has 7 heteroatoms. The van der Waals surface area contributed by atoms with Crippen LogP contribution in [0.1, 0.15) is 23.0 Å². The number of carbonyl (C=O) groups excluding carboxylic acids is 1. The Hall–Kier alpha value is -2.98. The summed E-state index contributed by atoms with van der Waals surface area (Å²) in [6.45, 7) is 3.45. The Labute approximate surface area is 140 Å². The molecule has 24 heavy (non-hydrogen) atoms. The van der Waals surface area contributed by atoms with Crippen LogP contribution in [-0.2, 0) is 9.47 Å². The molecule has 7 nitrogen and oxygen atoms in total. The molecule has 0 amide bonds. The van der Waals surface area contributed by atoms with Crippen LogP contribution >= 0.6 is 0 Å². The van der Waals surface area contributed by atoms with E-state index in [1.165, 1.54) is 17.9 Å². The minimum Gasteiger partial charge on any atom is -0.491 e. The first-order valence-electron chi connectivity index (χ1n) is 7.42. The Balaban J connectivity index is 2.35. The highest BCUT2D eigenvalue weighted by Crippen LogP contribution is 2.26. The largest absolute Gasteiger partial charge is 0.491 e. The number of benzene rings is 1. The molecule has 1 aromatic heterocycles. The second-order valence-electron chi connectivity index (χ2n) is 4.82. The van der Waals surface area contributed by atoms with Crippen LogP contribution in [-0.4, -0.2) is 37.5 Å². The normalized spacial score (nSPS) is 10.2. The molecule has 0 fully saturated rings. The number of methoxy groups -OCH3 is 1. The topological polar surface area (TPSA) is 99.5 Å². The van der Waals surface area contributed by atoms with E-state index in [1.54, 1.807) is 24.3 Å². The molecule has 2 aromatic rings. The third-order valence-electron chi connectivity index (χ3n) is 3.34. The molecule has 0 aliphatic heterocycles. The fourth-order valence-corrected chi connectivity index (χ4v) is 2.20. The minimum absolute atomic E-state index is 0.0898. The number of nitrogens with zero attached hydrogens (tertiary/aromatic N) is 2. The second kappa shape index (κ2) is 8.04. The Morgan fingerprint density at radius 1 is 1.38 bits per heavy atom. The van der Waals surface area contributed by atoms with Crippen LogP contribution in [0.4, 0.5) is 5.69 Å². The summed E-state index contributed by atoms with van der Waals surface area (Å²) in [6, 6.07) is 9.08. The van der Waals surface area contributed by atoms with E-state index in [1.807, 2.05) is 13.0 Å². The van der Waals surface area contributed by atoms with Crippen LogP contribution in [0.5, 0.6) is 5.75 Å². The van der Waals surface area contributed by atoms with Crippen molar-refractivity contribution < 1.29 is 19.0 Å². The first-order valence-corrected chi connectivity index (χ1v) is 7.42. The van der Waals surface area contributed by atoms with Gasteiger partial charge in [-0.15, -0.1) is 0 Å². The maximum Gasteiger partial charge on any atom is 0.357 e. The lowest BCUT2D eigenvalue weighted by molar-refractivity contribution is 0.0593. The van der Waals surface area contributed by atoms with Gasteiger partial charge >= 0.3 is 5.97 Å². The molecule has 0 atom stereocenters. The molecule has 0 saturated carbocycles. The van der Waals surface area contributed by atoms with Gasteiger partial charge in [-0.05, 0) is 19.1 Å². The number of anilines is 1. The van der Waals surface area contributed by atoms with E-state index in [-0.39, 0.29) is 16.9 Å². The fourth-order valence-electron chi connectivity index (χ4n) is 2.20. The Morgan fingerprint density at radius 2 is 2.17 bits per heavy atom. The van der Waals surface area contributed by atoms with E-state index >= 15 is 0 Å². The van der Waals surface area contributed by atoms with Gasteiger partial charge in [-0.1, -0.05) is 6.07 Å². The van der Waals surface area contributed by atoms with Crippen molar-refractivity contribution in [3.8, 4) is 17.5 Å². The van der Waals surface area contributed by atoms with Crippen molar-refractivity contribution in [1.82, 2.24) is 4.57 Å². The smallest absolute Gasteiger partial charge is 0.357 e. The number of hydrogen-bond donors (Lipinski definition) is 1. The van der Waals surface area contributed by atoms with Crippen molar-refractivity contribution >= 4 is 11.7 Å². The van der Waals surface area contributed by atoms with Crippen molar-refractivity contribution in [2.75, 3.05) is 32.7 Å². The van der Waals surface area contributed by atoms with E-state index in [0.29, 0.717) is 31.3 Å². The molecular weight excluding hydrogens is 310 g/mol. The van der Waals surface area contributed by atoms with Crippen LogP contribution in [0, 0.1) is 11.3 Å². The highest BCUT2D eigenvalue weighted by molar-refractivity contribution is 5.95. The van der Waals surface area contributed by atoms with Crippen LogP contribution < -0.4 is 10.5 Å². The summed E-state index contributed by atoms with van der Waals surface area (Å²) in [5.74, 6) is 0.00506. The Bertz CT molecular complexity index is 762. The van der Waals surface area contributed by atoms with Crippen LogP contribution in [0.25, 0.3) is 5.69 Å². The van der Waals surface area contributed by atoms with Gasteiger partial charge in [0.05, 0.1) is 25.0 Å². The number of nitrogens with two attached hydrogens (primary N) is 1. The average Bonchev–Trinajstić information content (AvgIpc) is 2.95. The van der Waals surface area contributed by atoms with Gasteiger partial charge in [-0.2, -0.15) is 5.26 Å². The number of hydrogen-bond acceptors (Lipinski definition) is 6. The summed E-state index contributed by atoms with van der Waals surface area (Å²) < 4.78 is 17.1. The molecular formula is C17H19N3O4. The SMILES string of the molecule is CCOCCOc1cccc(-n2cc(C#N)c(N)c2C(=O)OC)c1. The molecule has 1 aromatic carbocycles. The number of ether oxygens (including phenoxy) is 3. The lowest BCUT2D eigenvalue weighted by atomic mass is 10.2. The van der Waals surface area contributed by atoms with Crippen molar-refractivity contribution in [2.24, 2.45) is 0 Å². The van der Waals surface area contributed by atoms with Gasteiger partial charge in [0.25, 0.3) is 0 Å². The number of nitriles is 1. The summed E-state index contributed by atoms with van der Waals surface area (Å²) >= 11 is 0. The van der Waals surface area contributed by atoms with E-state index < -0.39 is 5.97 Å². The van der Waals surface area contributed by atoms with E-state index in [0.717, 1.165) is 0 Å². The number of nitrogen functional groups attached to an aromatic ring is 1. The van der Waals surface area contributed by atoms with Gasteiger partial charge in [0.2, 0.25) is 0 Å². The predicted molar refractivity (Wildman–Crippen MR) is 88.2 cm³/mol. The Morgan fingerprint density at radius 3 is 2.83 bits per heavy atom. The molecule has 0 spiro atoms. The average molecular weight is 329 g/mol. The second-order valence-corrected chi connectivity index (χ2v) is 4.82. The standard InChI is InChI=1S/C17H19N3O4/c1-3-23-7-8-24-14-6-4-5-13(9-14)20-11-12(10-18)15(19)16(20)17(21)22-2/h4-6,9,11H,3,7-8,19H2,1-2H3. The number of aromatic nitrogens is 1. The van der Waals surface area contributed by atoms with Crippen LogP contribution in [0.15, 0.2) is 30.5 Å². The lowest BCUT2D eigenvalue weighted by Crippen LogP contribution is -2.11. The minimum atomic E-state index is -0.614. The zero-order valence-corrected chi connectivity index (χ0v) is 13.6. The molecule has 0 bridgehead atoms. The first kappa shape index (κ1) is 17.4. The van der Waals surface area contributed by atoms with Gasteiger partial charge in [0.15, 0.2) is 5.69 Å². The van der Waals surface area contributed by atoms with Crippen molar-refractivity contribution in [2.45, 2.75) is 6.92 Å². The van der Waals surface area contributed by atoms with Gasteiger partial charge in [-0.25, -0.2) is 4.79 Å². The fraction of sp³-hybridized carbons (Fsp3) is 0.294. The summed E-state index contributed by atoms with van der Waals surface area (Å²) in [5.41, 5.74) is 6.93. The third-order valence-corrected chi connectivity index (χ3v) is 3.34. The lowest BCUT2D eigenvalue weighted by Gasteiger charge is -2.11. The quantitative estimate of drug-likeness (QED) is 0.617. The van der Waals surface area contributed by atoms with Gasteiger partial charge in [-0.3, -0.25) is 0 Å². The van der Waals surface area contributed by atoms with Crippen molar-refractivity contribution in [3.05, 3.63) is 41.7 Å². The first-order chi connectivity index (χ1) is 11.6. The van der Waals surface area contributed by atoms with Crippen LogP contribution in [0.2, 0.25) is 0 Å². The van der Waals surface area contributed by atoms with E-state index in [4.69, 9.17) is 25.2 Å². The molecule has 1 heterocycles. The maximum absolute atomic E-state index is 12.0. The zero-order chi connectivity index (χ0) is 17.5. The molecule has 0 saturated heterocycles. The number of esters is 1. The molecule has 126 valence electrons. The summed E-state index contributed by atoms with van der Waals surface area (Å²) in [7, 11) is 1.26. The Kier molecular flexibility index (Phi) is 5.82. The molecule has 0 aliphatic rings. The van der Waals surface area contributed by atoms with Crippen LogP contribution in [0.3, 0.4) is 0 Å². The number of carbonyl (C=O) groups is 1. The summed E-state index contributed by atoms with van der Waals surface area (Å²) in [4.78, 5) is 12.0. The predicted octanol–water partition coefficient (Wildman–Crippen LogP) is 2.13. The molecule has 2 rings (SSSR count). The molecule has 0 radical (unpaired) electrons. The highest BCUT2D eigenvalue weighted by atomic mass is 16.5. The maximum atomic E-state index is 12.0. The third kappa shape index (κ3) is 3.67. The monoisotopic (exact) mass is 329 g/mol. The molecule has 0 aliphatic carbocycles. The summed E-state index contributed by atoms with van der Waals surface area (Å²) in [5, 5.41) is 9.14. The van der Waals surface area contributed by atoms with Gasteiger partial charge < -0.3 is 24.5 Å². The summed E-state index contributed by atoms with van der Waals surface area (Å²) in [6.07, 6.45) is 1.50. The molecule has 2 N–H and O–H groups in total.